The maximum absolute atomic E-state index is 13.9. The molecule has 1 aromatic heterocycles. The summed E-state index contributed by atoms with van der Waals surface area (Å²) in [5, 5.41) is 1.37. The summed E-state index contributed by atoms with van der Waals surface area (Å²) in [4.78, 5) is 8.17. The lowest BCUT2D eigenvalue weighted by atomic mass is 10.0. The SMILES string of the molecule is C=Nc1cc(C(C)(C)F)nc2ccc(Cl)cc12. The van der Waals surface area contributed by atoms with Gasteiger partial charge in [0.2, 0.25) is 0 Å². The smallest absolute Gasteiger partial charge is 0.147 e. The summed E-state index contributed by atoms with van der Waals surface area (Å²) in [5.41, 5.74) is 0.0979. The molecule has 0 N–H and O–H groups in total. The van der Waals surface area contributed by atoms with E-state index in [0.29, 0.717) is 21.9 Å². The van der Waals surface area contributed by atoms with E-state index in [9.17, 15) is 4.39 Å². The van der Waals surface area contributed by atoms with Crippen LogP contribution in [0, 0.1) is 0 Å². The number of aliphatic imine (C=N–C) groups is 1. The summed E-state index contributed by atoms with van der Waals surface area (Å²) >= 11 is 5.91. The standard InChI is InChI=1S/C13H12ClFN2/c1-13(2,15)12-7-11(16-3)9-6-8(14)4-5-10(9)17-12/h4-7H,3H2,1-2H3. The lowest BCUT2D eigenvalue weighted by molar-refractivity contribution is 0.215. The number of hydrogen-bond acceptors (Lipinski definition) is 2. The van der Waals surface area contributed by atoms with Crippen LogP contribution >= 0.6 is 11.6 Å². The first-order valence-electron chi connectivity index (χ1n) is 5.18. The summed E-state index contributed by atoms with van der Waals surface area (Å²) in [7, 11) is 0. The number of alkyl halides is 1. The summed E-state index contributed by atoms with van der Waals surface area (Å²) < 4.78 is 13.9. The summed E-state index contributed by atoms with van der Waals surface area (Å²) in [6.45, 7) is 6.42. The summed E-state index contributed by atoms with van der Waals surface area (Å²) in [5.74, 6) is 0. The first-order valence-corrected chi connectivity index (χ1v) is 5.56. The molecular weight excluding hydrogens is 239 g/mol. The van der Waals surface area contributed by atoms with Crippen molar-refractivity contribution in [1.29, 1.82) is 0 Å². The Bertz CT molecular complexity index is 588. The Balaban J connectivity index is 2.79. The van der Waals surface area contributed by atoms with Crippen molar-refractivity contribution in [3.8, 4) is 0 Å². The second kappa shape index (κ2) is 4.08. The topological polar surface area (TPSA) is 25.2 Å². The highest BCUT2D eigenvalue weighted by Gasteiger charge is 2.22. The molecule has 88 valence electrons. The van der Waals surface area contributed by atoms with E-state index in [0.717, 1.165) is 5.39 Å². The van der Waals surface area contributed by atoms with Crippen LogP contribution in [0.2, 0.25) is 5.02 Å². The monoisotopic (exact) mass is 250 g/mol. The van der Waals surface area contributed by atoms with Gasteiger partial charge in [-0.1, -0.05) is 11.6 Å². The van der Waals surface area contributed by atoms with Gasteiger partial charge in [-0.2, -0.15) is 0 Å². The molecule has 0 aliphatic heterocycles. The van der Waals surface area contributed by atoms with E-state index >= 15 is 0 Å². The minimum Gasteiger partial charge on any atom is -0.264 e. The predicted molar refractivity (Wildman–Crippen MR) is 70.1 cm³/mol. The third-order valence-electron chi connectivity index (χ3n) is 2.53. The second-order valence-electron chi connectivity index (χ2n) is 4.32. The Morgan fingerprint density at radius 2 is 2.06 bits per heavy atom. The van der Waals surface area contributed by atoms with E-state index in [-0.39, 0.29) is 0 Å². The van der Waals surface area contributed by atoms with Crippen molar-refractivity contribution in [2.45, 2.75) is 19.5 Å². The Morgan fingerprint density at radius 3 is 2.65 bits per heavy atom. The lowest BCUT2D eigenvalue weighted by Gasteiger charge is -2.15. The van der Waals surface area contributed by atoms with Gasteiger partial charge in [-0.3, -0.25) is 4.99 Å². The fourth-order valence-corrected chi connectivity index (χ4v) is 1.79. The molecule has 17 heavy (non-hydrogen) atoms. The van der Waals surface area contributed by atoms with Crippen LogP contribution in [-0.4, -0.2) is 11.7 Å². The molecular formula is C13H12ClFN2. The largest absolute Gasteiger partial charge is 0.264 e. The van der Waals surface area contributed by atoms with Crippen molar-refractivity contribution in [2.24, 2.45) is 4.99 Å². The van der Waals surface area contributed by atoms with E-state index in [1.807, 2.05) is 0 Å². The van der Waals surface area contributed by atoms with Crippen molar-refractivity contribution in [2.75, 3.05) is 0 Å². The number of pyridine rings is 1. The molecule has 0 bridgehead atoms. The average Bonchev–Trinajstić information content (AvgIpc) is 2.26. The number of rotatable bonds is 2. The highest BCUT2D eigenvalue weighted by atomic mass is 35.5. The molecule has 0 aliphatic rings. The Hall–Kier alpha value is -1.48. The molecule has 0 radical (unpaired) electrons. The number of benzene rings is 1. The zero-order valence-corrected chi connectivity index (χ0v) is 10.4. The molecule has 0 aliphatic carbocycles. The number of fused-ring (bicyclic) bond motifs is 1. The van der Waals surface area contributed by atoms with Gasteiger partial charge in [0.1, 0.15) is 5.67 Å². The molecule has 2 aromatic rings. The highest BCUT2D eigenvalue weighted by molar-refractivity contribution is 6.31. The second-order valence-corrected chi connectivity index (χ2v) is 4.76. The number of hydrogen-bond donors (Lipinski definition) is 0. The number of aromatic nitrogens is 1. The third kappa shape index (κ3) is 2.29. The van der Waals surface area contributed by atoms with E-state index in [1.54, 1.807) is 24.3 Å². The molecule has 0 amide bonds. The molecule has 2 nitrogen and oxygen atoms in total. The van der Waals surface area contributed by atoms with Crippen LogP contribution in [0.25, 0.3) is 10.9 Å². The summed E-state index contributed by atoms with van der Waals surface area (Å²) in [6.07, 6.45) is 0. The van der Waals surface area contributed by atoms with Crippen LogP contribution in [0.3, 0.4) is 0 Å². The molecule has 0 unspecified atom stereocenters. The van der Waals surface area contributed by atoms with E-state index in [1.165, 1.54) is 13.8 Å². The Labute approximate surface area is 104 Å². The van der Waals surface area contributed by atoms with Gasteiger partial charge in [-0.25, -0.2) is 9.37 Å². The van der Waals surface area contributed by atoms with Crippen molar-refractivity contribution in [1.82, 2.24) is 4.98 Å². The normalized spacial score (nSPS) is 11.8. The molecule has 0 spiro atoms. The van der Waals surface area contributed by atoms with Gasteiger partial charge < -0.3 is 0 Å². The number of nitrogens with zero attached hydrogens (tertiary/aromatic N) is 2. The van der Waals surface area contributed by atoms with Crippen LogP contribution < -0.4 is 0 Å². The van der Waals surface area contributed by atoms with Crippen LogP contribution in [-0.2, 0) is 5.67 Å². The molecule has 0 saturated carbocycles. The minimum absolute atomic E-state index is 0.342. The van der Waals surface area contributed by atoms with E-state index in [4.69, 9.17) is 11.6 Å². The predicted octanol–water partition coefficient (Wildman–Crippen LogP) is 4.42. The van der Waals surface area contributed by atoms with Crippen LogP contribution in [0.4, 0.5) is 10.1 Å². The van der Waals surface area contributed by atoms with Gasteiger partial charge in [-0.15, -0.1) is 0 Å². The quantitative estimate of drug-likeness (QED) is 0.724. The molecule has 0 fully saturated rings. The first kappa shape index (κ1) is 12.0. The fraction of sp³-hybridized carbons (Fsp3) is 0.231. The van der Waals surface area contributed by atoms with Gasteiger partial charge in [0, 0.05) is 10.4 Å². The number of halogens is 2. The molecule has 1 aromatic carbocycles. The molecule has 4 heteroatoms. The molecule has 2 rings (SSSR count). The van der Waals surface area contributed by atoms with Crippen molar-refractivity contribution >= 4 is 34.9 Å². The van der Waals surface area contributed by atoms with Crippen molar-refractivity contribution in [3.63, 3.8) is 0 Å². The molecule has 0 saturated heterocycles. The Kier molecular flexibility index (Phi) is 2.87. The minimum atomic E-state index is -1.51. The molecule has 1 heterocycles. The third-order valence-corrected chi connectivity index (χ3v) is 2.76. The zero-order chi connectivity index (χ0) is 12.6. The van der Waals surface area contributed by atoms with Crippen molar-refractivity contribution < 1.29 is 4.39 Å². The van der Waals surface area contributed by atoms with Gasteiger partial charge in [-0.05, 0) is 44.8 Å². The summed E-state index contributed by atoms with van der Waals surface area (Å²) in [6, 6.07) is 6.83. The highest BCUT2D eigenvalue weighted by Crippen LogP contribution is 2.32. The van der Waals surface area contributed by atoms with Crippen LogP contribution in [0.15, 0.2) is 29.3 Å². The van der Waals surface area contributed by atoms with Gasteiger partial charge >= 0.3 is 0 Å². The van der Waals surface area contributed by atoms with Gasteiger partial charge in [0.25, 0.3) is 0 Å². The van der Waals surface area contributed by atoms with E-state index < -0.39 is 5.67 Å². The lowest BCUT2D eigenvalue weighted by Crippen LogP contribution is -2.11. The van der Waals surface area contributed by atoms with Crippen LogP contribution in [0.1, 0.15) is 19.5 Å². The average molecular weight is 251 g/mol. The zero-order valence-electron chi connectivity index (χ0n) is 9.67. The van der Waals surface area contributed by atoms with E-state index in [2.05, 4.69) is 16.7 Å². The maximum Gasteiger partial charge on any atom is 0.147 e. The fourth-order valence-electron chi connectivity index (χ4n) is 1.62. The first-order chi connectivity index (χ1) is 7.91. The maximum atomic E-state index is 13.9. The van der Waals surface area contributed by atoms with Crippen molar-refractivity contribution in [3.05, 3.63) is 35.0 Å². The molecule has 0 atom stereocenters. The van der Waals surface area contributed by atoms with Crippen LogP contribution in [0.5, 0.6) is 0 Å². The van der Waals surface area contributed by atoms with Gasteiger partial charge in [0.15, 0.2) is 0 Å². The Morgan fingerprint density at radius 1 is 1.35 bits per heavy atom. The van der Waals surface area contributed by atoms with Gasteiger partial charge in [0.05, 0.1) is 16.9 Å².